The number of anilines is 1. The van der Waals surface area contributed by atoms with Crippen molar-refractivity contribution in [1.82, 2.24) is 24.6 Å². The fourth-order valence-electron chi connectivity index (χ4n) is 3.01. The number of amides is 1. The van der Waals surface area contributed by atoms with Gasteiger partial charge in [-0.1, -0.05) is 13.8 Å². The number of carbonyl (C=O) groups is 1. The first-order valence-electron chi connectivity index (χ1n) is 8.46. The van der Waals surface area contributed by atoms with Crippen molar-refractivity contribution in [2.45, 2.75) is 26.4 Å². The van der Waals surface area contributed by atoms with E-state index in [1.807, 2.05) is 6.07 Å². The molecule has 0 saturated carbocycles. The molecule has 2 N–H and O–H groups in total. The van der Waals surface area contributed by atoms with E-state index in [0.717, 1.165) is 12.1 Å². The first-order chi connectivity index (χ1) is 12.0. The van der Waals surface area contributed by atoms with E-state index in [1.165, 1.54) is 6.20 Å². The van der Waals surface area contributed by atoms with E-state index >= 15 is 0 Å². The van der Waals surface area contributed by atoms with E-state index in [1.54, 1.807) is 22.8 Å². The molecule has 25 heavy (non-hydrogen) atoms. The van der Waals surface area contributed by atoms with Crippen molar-refractivity contribution in [2.75, 3.05) is 25.4 Å². The molecule has 0 spiro atoms. The van der Waals surface area contributed by atoms with E-state index in [0.29, 0.717) is 42.8 Å². The number of nitrogens with zero attached hydrogens (tertiary/aromatic N) is 5. The van der Waals surface area contributed by atoms with Gasteiger partial charge in [0.05, 0.1) is 18.8 Å². The van der Waals surface area contributed by atoms with Crippen molar-refractivity contribution < 1.29 is 9.53 Å². The molecule has 0 aliphatic carbocycles. The van der Waals surface area contributed by atoms with Crippen LogP contribution < -0.4 is 5.73 Å². The summed E-state index contributed by atoms with van der Waals surface area (Å²) in [6.07, 6.45) is 3.60. The molecular weight excluding hydrogens is 320 g/mol. The lowest BCUT2D eigenvalue weighted by molar-refractivity contribution is -0.0248. The average Bonchev–Trinajstić information content (AvgIpc) is 2.94. The van der Waals surface area contributed by atoms with Crippen LogP contribution in [0.4, 0.5) is 5.82 Å². The maximum atomic E-state index is 12.9. The van der Waals surface area contributed by atoms with E-state index in [4.69, 9.17) is 10.5 Å². The number of hydrogen-bond donors (Lipinski definition) is 1. The molecule has 8 heteroatoms. The lowest BCUT2D eigenvalue weighted by atomic mass is 10.1. The van der Waals surface area contributed by atoms with Gasteiger partial charge in [-0.3, -0.25) is 14.5 Å². The first-order valence-corrected chi connectivity index (χ1v) is 8.46. The highest BCUT2D eigenvalue weighted by Crippen LogP contribution is 2.24. The molecule has 8 nitrogen and oxygen atoms in total. The van der Waals surface area contributed by atoms with Crippen LogP contribution in [0.25, 0.3) is 0 Å². The minimum Gasteiger partial charge on any atom is -0.382 e. The van der Waals surface area contributed by atoms with Gasteiger partial charge in [0.25, 0.3) is 5.91 Å². The zero-order chi connectivity index (χ0) is 18.0. The van der Waals surface area contributed by atoms with Crippen LogP contribution in [0.1, 0.15) is 41.8 Å². The SMILES string of the molecule is CC(C)Cc1cc(C(=O)N2CCO[C@@H](c3nccnc3N)C2)n(C)n1. The van der Waals surface area contributed by atoms with Gasteiger partial charge in [-0.2, -0.15) is 5.10 Å². The number of nitrogens with two attached hydrogens (primary N) is 1. The lowest BCUT2D eigenvalue weighted by Gasteiger charge is -2.32. The molecule has 1 saturated heterocycles. The number of rotatable bonds is 4. The molecule has 134 valence electrons. The van der Waals surface area contributed by atoms with Gasteiger partial charge >= 0.3 is 0 Å². The number of aromatic nitrogens is 4. The molecule has 0 unspecified atom stereocenters. The molecule has 2 aromatic heterocycles. The van der Waals surface area contributed by atoms with Crippen LogP contribution in [0.5, 0.6) is 0 Å². The minimum absolute atomic E-state index is 0.0548. The molecule has 3 rings (SSSR count). The zero-order valence-corrected chi connectivity index (χ0v) is 14.8. The van der Waals surface area contributed by atoms with Gasteiger partial charge in [0.2, 0.25) is 0 Å². The second-order valence-corrected chi connectivity index (χ2v) is 6.68. The molecule has 1 fully saturated rings. The Kier molecular flexibility index (Phi) is 4.98. The maximum absolute atomic E-state index is 12.9. The highest BCUT2D eigenvalue weighted by molar-refractivity contribution is 5.92. The van der Waals surface area contributed by atoms with Crippen molar-refractivity contribution in [3.63, 3.8) is 0 Å². The van der Waals surface area contributed by atoms with Crippen LogP contribution in [0.2, 0.25) is 0 Å². The predicted molar refractivity (Wildman–Crippen MR) is 92.8 cm³/mol. The first kappa shape index (κ1) is 17.3. The van der Waals surface area contributed by atoms with Crippen molar-refractivity contribution in [3.05, 3.63) is 35.5 Å². The zero-order valence-electron chi connectivity index (χ0n) is 14.8. The second-order valence-electron chi connectivity index (χ2n) is 6.68. The van der Waals surface area contributed by atoms with Gasteiger partial charge in [0.1, 0.15) is 23.3 Å². The van der Waals surface area contributed by atoms with Crippen molar-refractivity contribution in [2.24, 2.45) is 13.0 Å². The maximum Gasteiger partial charge on any atom is 0.272 e. The van der Waals surface area contributed by atoms with Crippen LogP contribution in [0.15, 0.2) is 18.5 Å². The monoisotopic (exact) mass is 344 g/mol. The molecule has 3 heterocycles. The van der Waals surface area contributed by atoms with Gasteiger partial charge in [-0.15, -0.1) is 0 Å². The summed E-state index contributed by atoms with van der Waals surface area (Å²) in [5, 5.41) is 4.45. The largest absolute Gasteiger partial charge is 0.382 e. The third-order valence-corrected chi connectivity index (χ3v) is 4.18. The standard InChI is InChI=1S/C17H24N6O2/c1-11(2)8-12-9-13(22(3)21-12)17(24)23-6-7-25-14(10-23)15-16(18)20-5-4-19-15/h4-5,9,11,14H,6-8,10H2,1-3H3,(H2,18,20)/t14-/m1/s1. The number of carbonyl (C=O) groups excluding carboxylic acids is 1. The van der Waals surface area contributed by atoms with Crippen molar-refractivity contribution in [3.8, 4) is 0 Å². The number of morpholine rings is 1. The Labute approximate surface area is 147 Å². The van der Waals surface area contributed by atoms with Crippen LogP contribution in [0.3, 0.4) is 0 Å². The number of hydrogen-bond acceptors (Lipinski definition) is 6. The van der Waals surface area contributed by atoms with Crippen molar-refractivity contribution in [1.29, 1.82) is 0 Å². The third kappa shape index (κ3) is 3.79. The summed E-state index contributed by atoms with van der Waals surface area (Å²) in [6, 6.07) is 1.88. The van der Waals surface area contributed by atoms with Gasteiger partial charge in [0, 0.05) is 26.0 Å². The Morgan fingerprint density at radius 2 is 2.16 bits per heavy atom. The molecule has 0 radical (unpaired) electrons. The highest BCUT2D eigenvalue weighted by Gasteiger charge is 2.30. The van der Waals surface area contributed by atoms with Crippen LogP contribution in [0, 0.1) is 5.92 Å². The highest BCUT2D eigenvalue weighted by atomic mass is 16.5. The Bertz CT molecular complexity index is 757. The number of aryl methyl sites for hydroxylation is 1. The third-order valence-electron chi connectivity index (χ3n) is 4.18. The van der Waals surface area contributed by atoms with Gasteiger partial charge in [-0.05, 0) is 18.4 Å². The fraction of sp³-hybridized carbons (Fsp3) is 0.529. The fourth-order valence-corrected chi connectivity index (χ4v) is 3.01. The van der Waals surface area contributed by atoms with E-state index in [2.05, 4.69) is 28.9 Å². The average molecular weight is 344 g/mol. The van der Waals surface area contributed by atoms with Gasteiger partial charge in [-0.25, -0.2) is 4.98 Å². The molecule has 1 amide bonds. The topological polar surface area (TPSA) is 99.2 Å². The van der Waals surface area contributed by atoms with Gasteiger partial charge < -0.3 is 15.4 Å². The molecule has 1 aliphatic rings. The van der Waals surface area contributed by atoms with Crippen molar-refractivity contribution >= 4 is 11.7 Å². The Morgan fingerprint density at radius 1 is 1.40 bits per heavy atom. The van der Waals surface area contributed by atoms with Crippen LogP contribution >= 0.6 is 0 Å². The van der Waals surface area contributed by atoms with E-state index in [-0.39, 0.29) is 12.0 Å². The predicted octanol–water partition coefficient (Wildman–Crippen LogP) is 1.20. The van der Waals surface area contributed by atoms with Crippen LogP contribution in [-0.4, -0.2) is 50.3 Å². The smallest absolute Gasteiger partial charge is 0.272 e. The molecule has 1 atom stereocenters. The Morgan fingerprint density at radius 3 is 2.88 bits per heavy atom. The number of nitrogen functional groups attached to an aromatic ring is 1. The minimum atomic E-state index is -0.366. The molecular formula is C17H24N6O2. The molecule has 0 bridgehead atoms. The normalized spacial score (nSPS) is 17.9. The van der Waals surface area contributed by atoms with Gasteiger partial charge in [0.15, 0.2) is 0 Å². The second kappa shape index (κ2) is 7.18. The molecule has 0 aromatic carbocycles. The Hall–Kier alpha value is -2.48. The molecule has 2 aromatic rings. The molecule has 1 aliphatic heterocycles. The lowest BCUT2D eigenvalue weighted by Crippen LogP contribution is -2.43. The quantitative estimate of drug-likeness (QED) is 0.895. The summed E-state index contributed by atoms with van der Waals surface area (Å²) in [6.45, 7) is 5.62. The number of ether oxygens (including phenoxy) is 1. The van der Waals surface area contributed by atoms with Crippen LogP contribution in [-0.2, 0) is 18.2 Å². The van der Waals surface area contributed by atoms with E-state index in [9.17, 15) is 4.79 Å². The summed E-state index contributed by atoms with van der Waals surface area (Å²) in [7, 11) is 1.80. The summed E-state index contributed by atoms with van der Waals surface area (Å²) < 4.78 is 7.40. The van der Waals surface area contributed by atoms with E-state index < -0.39 is 0 Å². The summed E-state index contributed by atoms with van der Waals surface area (Å²) in [5.41, 5.74) is 7.98. The summed E-state index contributed by atoms with van der Waals surface area (Å²) >= 11 is 0. The summed E-state index contributed by atoms with van der Waals surface area (Å²) in [4.78, 5) is 23.0. The Balaban J connectivity index is 1.76. The summed E-state index contributed by atoms with van der Waals surface area (Å²) in [5.74, 6) is 0.771.